The van der Waals surface area contributed by atoms with E-state index in [0.717, 1.165) is 6.42 Å². The molecule has 0 saturated carbocycles. The molecule has 1 aromatic rings. The monoisotopic (exact) mass is 244 g/mol. The maximum absolute atomic E-state index is 9.18. The van der Waals surface area contributed by atoms with Gasteiger partial charge in [0.2, 0.25) is 0 Å². The first kappa shape index (κ1) is 14.7. The first-order valence-electron chi connectivity index (χ1n) is 6.61. The lowest BCUT2D eigenvalue weighted by Crippen LogP contribution is -2.24. The second kappa shape index (κ2) is 6.02. The highest BCUT2D eigenvalue weighted by atomic mass is 14.9. The fourth-order valence-electron chi connectivity index (χ4n) is 2.19. The molecule has 0 amide bonds. The van der Waals surface area contributed by atoms with Crippen LogP contribution in [-0.4, -0.2) is 7.05 Å². The van der Waals surface area contributed by atoms with Crippen LogP contribution in [-0.2, 0) is 5.41 Å². The highest BCUT2D eigenvalue weighted by Crippen LogP contribution is 2.27. The largest absolute Gasteiger partial charge is 0.312 e. The molecule has 2 atom stereocenters. The lowest BCUT2D eigenvalue weighted by atomic mass is 9.85. The van der Waals surface area contributed by atoms with Crippen LogP contribution < -0.4 is 5.32 Å². The third kappa shape index (κ3) is 3.34. The number of hydrogen-bond donors (Lipinski definition) is 1. The van der Waals surface area contributed by atoms with Gasteiger partial charge in [-0.3, -0.25) is 0 Å². The minimum Gasteiger partial charge on any atom is -0.312 e. The zero-order valence-electron chi connectivity index (χ0n) is 12.1. The first-order valence-corrected chi connectivity index (χ1v) is 6.61. The first-order chi connectivity index (χ1) is 8.43. The summed E-state index contributed by atoms with van der Waals surface area (Å²) < 4.78 is 0. The van der Waals surface area contributed by atoms with Crippen molar-refractivity contribution in [1.82, 2.24) is 5.32 Å². The van der Waals surface area contributed by atoms with Crippen LogP contribution in [0.1, 0.15) is 51.3 Å². The van der Waals surface area contributed by atoms with E-state index in [1.807, 2.05) is 7.05 Å². The lowest BCUT2D eigenvalue weighted by molar-refractivity contribution is 0.449. The Morgan fingerprint density at radius 3 is 2.11 bits per heavy atom. The predicted molar refractivity (Wildman–Crippen MR) is 76.3 cm³/mol. The van der Waals surface area contributed by atoms with E-state index in [0.29, 0.717) is 0 Å². The molecule has 0 spiro atoms. The molecule has 0 aliphatic carbocycles. The van der Waals surface area contributed by atoms with E-state index in [1.54, 1.807) is 0 Å². The van der Waals surface area contributed by atoms with Gasteiger partial charge in [0.05, 0.1) is 12.0 Å². The fraction of sp³-hybridized carbons (Fsp3) is 0.562. The van der Waals surface area contributed by atoms with Crippen molar-refractivity contribution >= 4 is 0 Å². The van der Waals surface area contributed by atoms with E-state index in [1.165, 1.54) is 11.1 Å². The Kier molecular flexibility index (Phi) is 4.93. The topological polar surface area (TPSA) is 35.8 Å². The van der Waals surface area contributed by atoms with Crippen molar-refractivity contribution in [2.75, 3.05) is 7.05 Å². The van der Waals surface area contributed by atoms with E-state index >= 15 is 0 Å². The Labute approximate surface area is 111 Å². The van der Waals surface area contributed by atoms with Gasteiger partial charge in [-0.2, -0.15) is 5.26 Å². The Hall–Kier alpha value is -1.33. The minimum atomic E-state index is 0.0236. The van der Waals surface area contributed by atoms with Crippen LogP contribution in [0.2, 0.25) is 0 Å². The molecule has 0 radical (unpaired) electrons. The predicted octanol–water partition coefficient (Wildman–Crippen LogP) is 3.79. The van der Waals surface area contributed by atoms with Crippen molar-refractivity contribution in [3.63, 3.8) is 0 Å². The van der Waals surface area contributed by atoms with E-state index in [-0.39, 0.29) is 17.4 Å². The molecule has 0 aliphatic rings. The molecule has 0 saturated heterocycles. The summed E-state index contributed by atoms with van der Waals surface area (Å²) in [5.41, 5.74) is 2.69. The zero-order chi connectivity index (χ0) is 13.8. The van der Waals surface area contributed by atoms with Crippen molar-refractivity contribution in [2.24, 2.45) is 5.92 Å². The van der Waals surface area contributed by atoms with Gasteiger partial charge in [0.25, 0.3) is 0 Å². The fourth-order valence-corrected chi connectivity index (χ4v) is 2.19. The van der Waals surface area contributed by atoms with Crippen LogP contribution in [0, 0.1) is 17.2 Å². The molecule has 18 heavy (non-hydrogen) atoms. The van der Waals surface area contributed by atoms with Gasteiger partial charge in [-0.1, -0.05) is 52.0 Å². The van der Waals surface area contributed by atoms with Crippen molar-refractivity contribution in [1.29, 1.82) is 5.26 Å². The molecular formula is C16H24N2. The highest BCUT2D eigenvalue weighted by molar-refractivity contribution is 5.30. The van der Waals surface area contributed by atoms with E-state index in [9.17, 15) is 5.26 Å². The molecule has 0 bridgehead atoms. The Bertz CT molecular complexity index is 406. The molecular weight excluding hydrogens is 220 g/mol. The van der Waals surface area contributed by atoms with Crippen molar-refractivity contribution in [3.05, 3.63) is 35.4 Å². The molecule has 0 heterocycles. The molecule has 1 rings (SSSR count). The molecule has 1 aromatic carbocycles. The van der Waals surface area contributed by atoms with Crippen molar-refractivity contribution < 1.29 is 0 Å². The van der Waals surface area contributed by atoms with E-state index in [2.05, 4.69) is 63.3 Å². The number of nitrogens with zero attached hydrogens (tertiary/aromatic N) is 1. The smallest absolute Gasteiger partial charge is 0.0675 e. The van der Waals surface area contributed by atoms with Gasteiger partial charge in [0.1, 0.15) is 0 Å². The summed E-state index contributed by atoms with van der Waals surface area (Å²) >= 11 is 0. The minimum absolute atomic E-state index is 0.0236. The summed E-state index contributed by atoms with van der Waals surface area (Å²) in [6.07, 6.45) is 0.864. The Morgan fingerprint density at radius 2 is 1.78 bits per heavy atom. The molecule has 0 aromatic heterocycles. The molecule has 2 unspecified atom stereocenters. The van der Waals surface area contributed by atoms with Crippen LogP contribution in [0.3, 0.4) is 0 Å². The molecule has 0 aliphatic heterocycles. The summed E-state index contributed by atoms with van der Waals surface area (Å²) in [5, 5.41) is 12.4. The summed E-state index contributed by atoms with van der Waals surface area (Å²) in [5.74, 6) is 0.0236. The van der Waals surface area contributed by atoms with Gasteiger partial charge in [-0.05, 0) is 30.0 Å². The van der Waals surface area contributed by atoms with Gasteiger partial charge in [0.15, 0.2) is 0 Å². The number of hydrogen-bond acceptors (Lipinski definition) is 2. The lowest BCUT2D eigenvalue weighted by Gasteiger charge is -2.23. The average molecular weight is 244 g/mol. The highest BCUT2D eigenvalue weighted by Gasteiger charge is 2.20. The van der Waals surface area contributed by atoms with E-state index < -0.39 is 0 Å². The molecule has 98 valence electrons. The zero-order valence-corrected chi connectivity index (χ0v) is 12.1. The van der Waals surface area contributed by atoms with Crippen molar-refractivity contribution in [3.8, 4) is 6.07 Å². The van der Waals surface area contributed by atoms with Crippen LogP contribution >= 0.6 is 0 Å². The quantitative estimate of drug-likeness (QED) is 0.874. The average Bonchev–Trinajstić information content (AvgIpc) is 2.35. The van der Waals surface area contributed by atoms with Crippen molar-refractivity contribution in [2.45, 2.75) is 45.6 Å². The van der Waals surface area contributed by atoms with Crippen LogP contribution in [0.4, 0.5) is 0 Å². The normalized spacial score (nSPS) is 14.9. The summed E-state index contributed by atoms with van der Waals surface area (Å²) in [7, 11) is 1.92. The number of rotatable bonds is 4. The number of nitriles is 1. The van der Waals surface area contributed by atoms with Crippen LogP contribution in [0.15, 0.2) is 24.3 Å². The summed E-state index contributed by atoms with van der Waals surface area (Å²) in [4.78, 5) is 0. The van der Waals surface area contributed by atoms with Crippen LogP contribution in [0.25, 0.3) is 0 Å². The van der Waals surface area contributed by atoms with Gasteiger partial charge in [-0.15, -0.1) is 0 Å². The standard InChI is InChI=1S/C16H24N2/c1-6-12(11-17)15(18-5)13-7-9-14(10-8-13)16(2,3)4/h7-10,12,15,18H,6H2,1-5H3. The molecule has 1 N–H and O–H groups in total. The number of benzene rings is 1. The Balaban J connectivity index is 3.00. The summed E-state index contributed by atoms with van der Waals surface area (Å²) in [6.45, 7) is 8.69. The van der Waals surface area contributed by atoms with Gasteiger partial charge in [-0.25, -0.2) is 0 Å². The van der Waals surface area contributed by atoms with Gasteiger partial charge in [0, 0.05) is 6.04 Å². The van der Waals surface area contributed by atoms with Crippen LogP contribution in [0.5, 0.6) is 0 Å². The van der Waals surface area contributed by atoms with E-state index in [4.69, 9.17) is 0 Å². The SMILES string of the molecule is CCC(C#N)C(NC)c1ccc(C(C)(C)C)cc1. The molecule has 0 fully saturated rings. The second-order valence-electron chi connectivity index (χ2n) is 5.78. The van der Waals surface area contributed by atoms with Gasteiger partial charge < -0.3 is 5.32 Å². The maximum Gasteiger partial charge on any atom is 0.0675 e. The third-order valence-corrected chi connectivity index (χ3v) is 3.45. The Morgan fingerprint density at radius 1 is 1.22 bits per heavy atom. The third-order valence-electron chi connectivity index (χ3n) is 3.45. The second-order valence-corrected chi connectivity index (χ2v) is 5.78. The van der Waals surface area contributed by atoms with Gasteiger partial charge >= 0.3 is 0 Å². The number of nitrogens with one attached hydrogen (secondary N) is 1. The molecule has 2 nitrogen and oxygen atoms in total. The summed E-state index contributed by atoms with van der Waals surface area (Å²) in [6, 6.07) is 11.1. The maximum atomic E-state index is 9.18. The molecule has 2 heteroatoms.